The van der Waals surface area contributed by atoms with E-state index in [4.69, 9.17) is 18.9 Å². The van der Waals surface area contributed by atoms with Gasteiger partial charge in [0.1, 0.15) is 12.4 Å². The maximum absolute atomic E-state index is 14.1. The van der Waals surface area contributed by atoms with E-state index < -0.39 is 12.0 Å². The lowest BCUT2D eigenvalue weighted by molar-refractivity contribution is -0.139. The van der Waals surface area contributed by atoms with Crippen molar-refractivity contribution in [2.24, 2.45) is 4.99 Å². The van der Waals surface area contributed by atoms with Crippen LogP contribution in [0.2, 0.25) is 0 Å². The molecule has 1 aliphatic rings. The van der Waals surface area contributed by atoms with E-state index in [1.54, 1.807) is 37.7 Å². The smallest absolute Gasteiger partial charge is 0.338 e. The number of nitrogens with zero attached hydrogens (tertiary/aromatic N) is 2. The Kier molecular flexibility index (Phi) is 9.99. The molecule has 0 saturated heterocycles. The van der Waals surface area contributed by atoms with Crippen LogP contribution in [0.1, 0.15) is 49.1 Å². The third kappa shape index (κ3) is 6.78. The van der Waals surface area contributed by atoms with E-state index in [1.807, 2.05) is 73.7 Å². The normalized spacial score (nSPS) is 14.4. The lowest BCUT2D eigenvalue weighted by Crippen LogP contribution is -2.40. The fraction of sp³-hybridized carbons (Fsp3) is 0.250. The summed E-state index contributed by atoms with van der Waals surface area (Å²) in [4.78, 5) is 32.6. The molecule has 45 heavy (non-hydrogen) atoms. The van der Waals surface area contributed by atoms with Crippen LogP contribution in [0.15, 0.2) is 100 Å². The summed E-state index contributed by atoms with van der Waals surface area (Å²) in [5, 5.41) is 0. The van der Waals surface area contributed by atoms with E-state index in [0.29, 0.717) is 57.3 Å². The van der Waals surface area contributed by atoms with Crippen LogP contribution in [-0.4, -0.2) is 30.9 Å². The molecule has 4 aromatic rings. The highest BCUT2D eigenvalue weighted by atomic mass is 32.1. The Balaban J connectivity index is 1.59. The molecule has 1 aromatic heterocycles. The lowest BCUT2D eigenvalue weighted by atomic mass is 9.95. The van der Waals surface area contributed by atoms with Gasteiger partial charge in [0, 0.05) is 0 Å². The monoisotopic (exact) mass is 624 g/mol. The second-order valence-corrected chi connectivity index (χ2v) is 11.3. The maximum atomic E-state index is 14.1. The summed E-state index contributed by atoms with van der Waals surface area (Å²) in [6, 6.07) is 20.5. The third-order valence-corrected chi connectivity index (χ3v) is 8.29. The van der Waals surface area contributed by atoms with Crippen LogP contribution in [0.5, 0.6) is 17.2 Å². The van der Waals surface area contributed by atoms with Crippen LogP contribution in [0.25, 0.3) is 6.08 Å². The number of benzene rings is 3. The van der Waals surface area contributed by atoms with Gasteiger partial charge in [-0.05, 0) is 79.8 Å². The first kappa shape index (κ1) is 31.5. The van der Waals surface area contributed by atoms with Crippen LogP contribution in [0, 0.1) is 0 Å². The zero-order chi connectivity index (χ0) is 31.9. The highest BCUT2D eigenvalue weighted by Crippen LogP contribution is 2.36. The molecule has 1 atom stereocenters. The summed E-state index contributed by atoms with van der Waals surface area (Å²) in [6.45, 7) is 10.4. The topological polar surface area (TPSA) is 88.4 Å². The SMILES string of the molecule is C=CCc1cc(/C=c2/sc3n(c2=O)[C@@H](c2ccc(OC)c(OCC)c2)C(C(=O)OCC)=C(C)N=3)ccc1OCc1ccccc1. The van der Waals surface area contributed by atoms with E-state index in [2.05, 4.69) is 11.6 Å². The second kappa shape index (κ2) is 14.3. The summed E-state index contributed by atoms with van der Waals surface area (Å²) >= 11 is 1.27. The molecule has 5 rings (SSSR count). The van der Waals surface area contributed by atoms with E-state index in [9.17, 15) is 9.59 Å². The lowest BCUT2D eigenvalue weighted by Gasteiger charge is -2.25. The molecule has 232 valence electrons. The first-order valence-electron chi connectivity index (χ1n) is 14.8. The van der Waals surface area contributed by atoms with E-state index in [-0.39, 0.29) is 12.2 Å². The van der Waals surface area contributed by atoms with Crippen molar-refractivity contribution in [2.75, 3.05) is 20.3 Å². The third-order valence-electron chi connectivity index (χ3n) is 7.30. The first-order chi connectivity index (χ1) is 21.9. The molecule has 2 heterocycles. The highest BCUT2D eigenvalue weighted by Gasteiger charge is 2.34. The predicted octanol–water partition coefficient (Wildman–Crippen LogP) is 5.51. The van der Waals surface area contributed by atoms with Crippen molar-refractivity contribution in [3.63, 3.8) is 0 Å². The van der Waals surface area contributed by atoms with Crippen molar-refractivity contribution >= 4 is 23.4 Å². The number of hydrogen-bond acceptors (Lipinski definition) is 8. The number of allylic oxidation sites excluding steroid dienone is 2. The predicted molar refractivity (Wildman–Crippen MR) is 176 cm³/mol. The average Bonchev–Trinajstić information content (AvgIpc) is 3.34. The minimum atomic E-state index is -0.766. The van der Waals surface area contributed by atoms with Crippen molar-refractivity contribution < 1.29 is 23.7 Å². The van der Waals surface area contributed by atoms with Gasteiger partial charge >= 0.3 is 5.97 Å². The molecule has 3 aromatic carbocycles. The highest BCUT2D eigenvalue weighted by molar-refractivity contribution is 7.07. The molecule has 1 aliphatic heterocycles. The largest absolute Gasteiger partial charge is 0.493 e. The zero-order valence-electron chi connectivity index (χ0n) is 25.9. The second-order valence-electron chi connectivity index (χ2n) is 10.3. The summed E-state index contributed by atoms with van der Waals surface area (Å²) in [5.41, 5.74) is 4.08. The Morgan fingerprint density at radius 2 is 1.78 bits per heavy atom. The Labute approximate surface area is 266 Å². The maximum Gasteiger partial charge on any atom is 0.338 e. The molecular formula is C36H36N2O6S. The molecular weight excluding hydrogens is 588 g/mol. The minimum Gasteiger partial charge on any atom is -0.493 e. The molecule has 0 aliphatic carbocycles. The Morgan fingerprint density at radius 3 is 2.49 bits per heavy atom. The van der Waals surface area contributed by atoms with E-state index in [1.165, 1.54) is 11.3 Å². The van der Waals surface area contributed by atoms with Gasteiger partial charge in [0.05, 0.1) is 42.2 Å². The van der Waals surface area contributed by atoms with E-state index >= 15 is 0 Å². The Bertz CT molecular complexity index is 1920. The molecule has 0 radical (unpaired) electrons. The quantitative estimate of drug-likeness (QED) is 0.153. The standard InChI is InChI=1S/C36H36N2O6S/c1-6-12-26-19-25(15-17-28(26)44-22-24-13-10-9-11-14-24)20-31-34(39)38-33(27-16-18-29(41-5)30(21-27)42-7-2)32(35(40)43-8-3)23(4)37-36(38)45-31/h6,9-11,13-21,33H,1,7-8,12,22H2,2-5H3/b31-20+/t33-/m0/s1. The zero-order valence-corrected chi connectivity index (χ0v) is 26.7. The summed E-state index contributed by atoms with van der Waals surface area (Å²) in [7, 11) is 1.57. The number of aromatic nitrogens is 1. The van der Waals surface area contributed by atoms with Gasteiger partial charge in [0.15, 0.2) is 16.3 Å². The fourth-order valence-corrected chi connectivity index (χ4v) is 6.32. The van der Waals surface area contributed by atoms with Crippen molar-refractivity contribution in [1.29, 1.82) is 0 Å². The molecule has 9 heteroatoms. The molecule has 8 nitrogen and oxygen atoms in total. The van der Waals surface area contributed by atoms with Crippen molar-refractivity contribution in [3.8, 4) is 17.2 Å². The average molecular weight is 625 g/mol. The Morgan fingerprint density at radius 1 is 1.00 bits per heavy atom. The van der Waals surface area contributed by atoms with Crippen LogP contribution >= 0.6 is 11.3 Å². The van der Waals surface area contributed by atoms with Crippen molar-refractivity contribution in [1.82, 2.24) is 4.57 Å². The van der Waals surface area contributed by atoms with Crippen molar-refractivity contribution in [3.05, 3.63) is 133 Å². The number of methoxy groups -OCH3 is 1. The molecule has 0 N–H and O–H groups in total. The van der Waals surface area contributed by atoms with Crippen LogP contribution in [0.3, 0.4) is 0 Å². The number of thiazole rings is 1. The van der Waals surface area contributed by atoms with Crippen LogP contribution in [-0.2, 0) is 22.6 Å². The number of carbonyl (C=O) groups is 1. The van der Waals surface area contributed by atoms with Gasteiger partial charge in [-0.25, -0.2) is 9.79 Å². The number of carbonyl (C=O) groups excluding carboxylic acids is 1. The number of fused-ring (bicyclic) bond motifs is 1. The minimum absolute atomic E-state index is 0.192. The molecule has 0 bridgehead atoms. The van der Waals surface area contributed by atoms with Crippen LogP contribution < -0.4 is 29.1 Å². The summed E-state index contributed by atoms with van der Waals surface area (Å²) in [5.74, 6) is 1.31. The van der Waals surface area contributed by atoms with Gasteiger partial charge in [-0.15, -0.1) is 6.58 Å². The first-order valence-corrected chi connectivity index (χ1v) is 15.6. The van der Waals surface area contributed by atoms with E-state index in [0.717, 1.165) is 22.4 Å². The van der Waals surface area contributed by atoms with Gasteiger partial charge in [0.2, 0.25) is 0 Å². The molecule has 0 spiro atoms. The number of rotatable bonds is 12. The van der Waals surface area contributed by atoms with Crippen LogP contribution in [0.4, 0.5) is 0 Å². The summed E-state index contributed by atoms with van der Waals surface area (Å²) < 4.78 is 24.9. The Hall–Kier alpha value is -4.89. The molecule has 0 fully saturated rings. The number of ether oxygens (including phenoxy) is 4. The number of esters is 1. The van der Waals surface area contributed by atoms with Gasteiger partial charge < -0.3 is 18.9 Å². The van der Waals surface area contributed by atoms with Crippen molar-refractivity contribution in [2.45, 2.75) is 39.8 Å². The molecule has 0 saturated carbocycles. The van der Waals surface area contributed by atoms with Gasteiger partial charge in [-0.1, -0.05) is 59.9 Å². The molecule has 0 unspecified atom stereocenters. The van der Waals surface area contributed by atoms with Gasteiger partial charge in [-0.2, -0.15) is 0 Å². The molecule has 0 amide bonds. The van der Waals surface area contributed by atoms with Gasteiger partial charge in [0.25, 0.3) is 5.56 Å². The summed E-state index contributed by atoms with van der Waals surface area (Å²) in [6.07, 6.45) is 4.28. The number of hydrogen-bond donors (Lipinski definition) is 0. The fourth-order valence-electron chi connectivity index (χ4n) is 5.27. The van der Waals surface area contributed by atoms with Gasteiger partial charge in [-0.3, -0.25) is 9.36 Å².